The Labute approximate surface area is 174 Å². The molecule has 1 amide bonds. The zero-order valence-corrected chi connectivity index (χ0v) is 17.2. The summed E-state index contributed by atoms with van der Waals surface area (Å²) in [6.45, 7) is 4.41. The maximum atomic E-state index is 12.5. The second-order valence-electron chi connectivity index (χ2n) is 7.13. The lowest BCUT2D eigenvalue weighted by Gasteiger charge is -2.19. The van der Waals surface area contributed by atoms with Crippen molar-refractivity contribution in [3.05, 3.63) is 64.2 Å². The summed E-state index contributed by atoms with van der Waals surface area (Å²) < 4.78 is 5.77. The maximum Gasteiger partial charge on any atom is 0.230 e. The number of nitrogens with zero attached hydrogens (tertiary/aromatic N) is 3. The predicted octanol–water partition coefficient (Wildman–Crippen LogP) is 4.21. The molecular formula is C22H24N4O2S. The first-order valence-electron chi connectivity index (χ1n) is 9.80. The van der Waals surface area contributed by atoms with Crippen molar-refractivity contribution in [3.8, 4) is 5.75 Å². The van der Waals surface area contributed by atoms with Gasteiger partial charge in [0.15, 0.2) is 5.82 Å². The molecular weight excluding hydrogens is 384 g/mol. The summed E-state index contributed by atoms with van der Waals surface area (Å²) in [5, 5.41) is 5.77. The Hall–Kier alpha value is -2.93. The van der Waals surface area contributed by atoms with Crippen LogP contribution in [0.1, 0.15) is 29.1 Å². The van der Waals surface area contributed by atoms with E-state index in [9.17, 15) is 4.79 Å². The minimum Gasteiger partial charge on any atom is -0.486 e. The van der Waals surface area contributed by atoms with Gasteiger partial charge in [0.1, 0.15) is 17.4 Å². The highest BCUT2D eigenvalue weighted by Crippen LogP contribution is 2.26. The molecule has 1 N–H and O–H groups in total. The molecule has 0 saturated carbocycles. The number of carbonyl (C=O) groups is 1. The van der Waals surface area contributed by atoms with E-state index in [1.807, 2.05) is 48.7 Å². The van der Waals surface area contributed by atoms with E-state index in [-0.39, 0.29) is 12.3 Å². The summed E-state index contributed by atoms with van der Waals surface area (Å²) in [5.74, 6) is 1.58. The highest BCUT2D eigenvalue weighted by atomic mass is 32.1. The van der Waals surface area contributed by atoms with Crippen LogP contribution in [0.2, 0.25) is 0 Å². The maximum absolute atomic E-state index is 12.5. The molecule has 3 aromatic rings. The van der Waals surface area contributed by atoms with Crippen LogP contribution < -0.4 is 15.0 Å². The molecule has 7 heteroatoms. The molecule has 3 heterocycles. The minimum absolute atomic E-state index is 0.0882. The number of carbonyl (C=O) groups excluding carboxylic acids is 1. The molecule has 0 radical (unpaired) electrons. The van der Waals surface area contributed by atoms with E-state index >= 15 is 0 Å². The molecule has 0 bridgehead atoms. The van der Waals surface area contributed by atoms with Gasteiger partial charge in [-0.2, -0.15) is 0 Å². The van der Waals surface area contributed by atoms with Crippen LogP contribution in [0.25, 0.3) is 0 Å². The number of hydrogen-bond acceptors (Lipinski definition) is 6. The molecule has 1 saturated heterocycles. The standard InChI is InChI=1S/C22H24N4O2S/c1-16-6-8-18(9-7-16)28-14-21-24-17(15-29-21)13-20(27)25-19-5-4-10-23-22(19)26-11-2-3-12-26/h4-10,15H,2-3,11-14H2,1H3,(H,25,27). The van der Waals surface area contributed by atoms with Crippen molar-refractivity contribution in [1.82, 2.24) is 9.97 Å². The Morgan fingerprint density at radius 2 is 2.00 bits per heavy atom. The van der Waals surface area contributed by atoms with Crippen molar-refractivity contribution in [2.75, 3.05) is 23.3 Å². The predicted molar refractivity (Wildman–Crippen MR) is 116 cm³/mol. The summed E-state index contributed by atoms with van der Waals surface area (Å²) in [4.78, 5) is 23.8. The summed E-state index contributed by atoms with van der Waals surface area (Å²) in [6.07, 6.45) is 4.33. The van der Waals surface area contributed by atoms with Gasteiger partial charge in [-0.1, -0.05) is 17.7 Å². The van der Waals surface area contributed by atoms with Gasteiger partial charge in [0.25, 0.3) is 0 Å². The summed E-state index contributed by atoms with van der Waals surface area (Å²) in [5.41, 5.74) is 2.71. The van der Waals surface area contributed by atoms with Crippen LogP contribution in [-0.4, -0.2) is 29.0 Å². The normalized spacial score (nSPS) is 13.5. The lowest BCUT2D eigenvalue weighted by molar-refractivity contribution is -0.115. The van der Waals surface area contributed by atoms with E-state index in [2.05, 4.69) is 20.2 Å². The summed E-state index contributed by atoms with van der Waals surface area (Å²) >= 11 is 1.51. The van der Waals surface area contributed by atoms with Gasteiger partial charge in [0, 0.05) is 24.7 Å². The van der Waals surface area contributed by atoms with Crippen LogP contribution in [-0.2, 0) is 17.8 Å². The summed E-state index contributed by atoms with van der Waals surface area (Å²) in [7, 11) is 0. The Kier molecular flexibility index (Phi) is 6.05. The first-order chi connectivity index (χ1) is 14.2. The Bertz CT molecular complexity index is 965. The van der Waals surface area contributed by atoms with Gasteiger partial charge >= 0.3 is 0 Å². The molecule has 0 aliphatic carbocycles. The zero-order valence-electron chi connectivity index (χ0n) is 16.4. The second kappa shape index (κ2) is 9.05. The Balaban J connectivity index is 1.33. The monoisotopic (exact) mass is 408 g/mol. The van der Waals surface area contributed by atoms with Crippen molar-refractivity contribution in [1.29, 1.82) is 0 Å². The molecule has 29 heavy (non-hydrogen) atoms. The number of aryl methyl sites for hydroxylation is 1. The lowest BCUT2D eigenvalue weighted by atomic mass is 10.2. The number of benzene rings is 1. The number of amides is 1. The molecule has 1 aliphatic heterocycles. The van der Waals surface area contributed by atoms with E-state index in [1.165, 1.54) is 16.9 Å². The number of nitrogens with one attached hydrogen (secondary N) is 1. The van der Waals surface area contributed by atoms with Crippen molar-refractivity contribution in [2.45, 2.75) is 32.8 Å². The molecule has 1 aromatic carbocycles. The van der Waals surface area contributed by atoms with Crippen LogP contribution in [0.3, 0.4) is 0 Å². The van der Waals surface area contributed by atoms with Crippen LogP contribution in [0.4, 0.5) is 11.5 Å². The van der Waals surface area contributed by atoms with Crippen molar-refractivity contribution in [2.24, 2.45) is 0 Å². The average molecular weight is 409 g/mol. The number of pyridine rings is 1. The quantitative estimate of drug-likeness (QED) is 0.634. The van der Waals surface area contributed by atoms with Gasteiger partial charge in [-0.05, 0) is 44.0 Å². The molecule has 6 nitrogen and oxygen atoms in total. The van der Waals surface area contributed by atoms with Gasteiger partial charge in [-0.25, -0.2) is 9.97 Å². The van der Waals surface area contributed by atoms with Crippen molar-refractivity contribution >= 4 is 28.7 Å². The average Bonchev–Trinajstić information content (AvgIpc) is 3.40. The summed E-state index contributed by atoms with van der Waals surface area (Å²) in [6, 6.07) is 11.7. The van der Waals surface area contributed by atoms with E-state index in [1.54, 1.807) is 6.20 Å². The van der Waals surface area contributed by atoms with Gasteiger partial charge in [0.05, 0.1) is 17.8 Å². The first-order valence-corrected chi connectivity index (χ1v) is 10.7. The number of thiazole rings is 1. The highest BCUT2D eigenvalue weighted by Gasteiger charge is 2.18. The third kappa shape index (κ3) is 5.12. The molecule has 150 valence electrons. The molecule has 1 aliphatic rings. The van der Waals surface area contributed by atoms with Gasteiger partial charge in [-0.15, -0.1) is 11.3 Å². The number of aromatic nitrogens is 2. The zero-order chi connectivity index (χ0) is 20.1. The third-order valence-electron chi connectivity index (χ3n) is 4.79. The topological polar surface area (TPSA) is 67.3 Å². The molecule has 0 spiro atoms. The second-order valence-corrected chi connectivity index (χ2v) is 8.07. The van der Waals surface area contributed by atoms with Crippen LogP contribution in [0.15, 0.2) is 48.0 Å². The number of rotatable bonds is 7. The molecule has 0 unspecified atom stereocenters. The minimum atomic E-state index is -0.0882. The van der Waals surface area contributed by atoms with E-state index in [0.29, 0.717) is 6.61 Å². The first kappa shape index (κ1) is 19.4. The molecule has 4 rings (SSSR count). The fraction of sp³-hybridized carbons (Fsp3) is 0.318. The number of anilines is 2. The Morgan fingerprint density at radius 1 is 1.21 bits per heavy atom. The van der Waals surface area contributed by atoms with Crippen molar-refractivity contribution in [3.63, 3.8) is 0 Å². The SMILES string of the molecule is Cc1ccc(OCc2nc(CC(=O)Nc3cccnc3N3CCCC3)cs2)cc1. The van der Waals surface area contributed by atoms with Crippen LogP contribution >= 0.6 is 11.3 Å². The van der Waals surface area contributed by atoms with E-state index in [0.717, 1.165) is 53.9 Å². The number of hydrogen-bond donors (Lipinski definition) is 1. The fourth-order valence-electron chi connectivity index (χ4n) is 3.31. The van der Waals surface area contributed by atoms with Gasteiger partial charge < -0.3 is 15.0 Å². The van der Waals surface area contributed by atoms with Crippen LogP contribution in [0.5, 0.6) is 5.75 Å². The highest BCUT2D eigenvalue weighted by molar-refractivity contribution is 7.09. The van der Waals surface area contributed by atoms with Gasteiger partial charge in [-0.3, -0.25) is 4.79 Å². The molecule has 0 atom stereocenters. The van der Waals surface area contributed by atoms with E-state index < -0.39 is 0 Å². The lowest BCUT2D eigenvalue weighted by Crippen LogP contribution is -2.23. The number of ether oxygens (including phenoxy) is 1. The van der Waals surface area contributed by atoms with Crippen LogP contribution in [0, 0.1) is 6.92 Å². The molecule has 1 fully saturated rings. The van der Waals surface area contributed by atoms with Gasteiger partial charge in [0.2, 0.25) is 5.91 Å². The smallest absolute Gasteiger partial charge is 0.230 e. The fourth-order valence-corrected chi connectivity index (χ4v) is 4.02. The largest absolute Gasteiger partial charge is 0.486 e. The van der Waals surface area contributed by atoms with Crippen molar-refractivity contribution < 1.29 is 9.53 Å². The Morgan fingerprint density at radius 3 is 2.79 bits per heavy atom. The third-order valence-corrected chi connectivity index (χ3v) is 5.66. The van der Waals surface area contributed by atoms with E-state index in [4.69, 9.17) is 4.74 Å². The molecule has 2 aromatic heterocycles.